The van der Waals surface area contributed by atoms with E-state index < -0.39 is 18.0 Å². The molecule has 2 fully saturated rings. The highest BCUT2D eigenvalue weighted by Crippen LogP contribution is 2.39. The van der Waals surface area contributed by atoms with Crippen LogP contribution in [0.1, 0.15) is 64.7 Å². The van der Waals surface area contributed by atoms with E-state index in [1.165, 1.54) is 38.5 Å². The minimum atomic E-state index is -0.732. The molecule has 0 bridgehead atoms. The maximum atomic E-state index is 11.7. The van der Waals surface area contributed by atoms with Gasteiger partial charge in [0, 0.05) is 5.57 Å². The van der Waals surface area contributed by atoms with Gasteiger partial charge in [-0.1, -0.05) is 58.4 Å². The van der Waals surface area contributed by atoms with Gasteiger partial charge in [0.15, 0.2) is 0 Å². The number of cyclic esters (lactones) is 1. The molecule has 0 unspecified atom stereocenters. The second kappa shape index (κ2) is 7.62. The Morgan fingerprint density at radius 3 is 2.24 bits per heavy atom. The Hall–Kier alpha value is -1.32. The molecule has 0 spiro atoms. The van der Waals surface area contributed by atoms with Gasteiger partial charge in [0.25, 0.3) is 0 Å². The van der Waals surface area contributed by atoms with E-state index in [0.29, 0.717) is 5.57 Å². The minimum absolute atomic E-state index is 0.221. The van der Waals surface area contributed by atoms with E-state index in [4.69, 9.17) is 9.47 Å². The van der Waals surface area contributed by atoms with Crippen molar-refractivity contribution in [3.8, 4) is 0 Å². The van der Waals surface area contributed by atoms with E-state index in [9.17, 15) is 9.59 Å². The standard InChI is InChI=1S/C17H26O4/c1-3-4-5-6-7-8-9-10-11-13-14-12(2)16(18)21-15(14)17(19)20-13/h13-15H,2-11H2,1H3/t13-,14-,15-/m1/s1. The van der Waals surface area contributed by atoms with Crippen molar-refractivity contribution in [2.75, 3.05) is 0 Å². The molecular weight excluding hydrogens is 268 g/mol. The van der Waals surface area contributed by atoms with E-state index >= 15 is 0 Å². The second-order valence-electron chi connectivity index (χ2n) is 6.12. The predicted octanol–water partition coefficient (Wildman–Crippen LogP) is 3.54. The molecule has 0 N–H and O–H groups in total. The Morgan fingerprint density at radius 2 is 1.57 bits per heavy atom. The lowest BCUT2D eigenvalue weighted by Crippen LogP contribution is -2.21. The summed E-state index contributed by atoms with van der Waals surface area (Å²) in [6.45, 7) is 5.97. The lowest BCUT2D eigenvalue weighted by molar-refractivity contribution is -0.156. The van der Waals surface area contributed by atoms with Crippen molar-refractivity contribution in [3.63, 3.8) is 0 Å². The van der Waals surface area contributed by atoms with Crippen LogP contribution in [0.4, 0.5) is 0 Å². The van der Waals surface area contributed by atoms with Gasteiger partial charge in [-0.2, -0.15) is 0 Å². The van der Waals surface area contributed by atoms with Crippen molar-refractivity contribution in [2.45, 2.75) is 76.9 Å². The summed E-state index contributed by atoms with van der Waals surface area (Å²) >= 11 is 0. The number of carbonyl (C=O) groups is 2. The average Bonchev–Trinajstić information content (AvgIpc) is 2.92. The molecule has 0 aromatic heterocycles. The van der Waals surface area contributed by atoms with Crippen molar-refractivity contribution >= 4 is 11.9 Å². The highest BCUT2D eigenvalue weighted by Gasteiger charge is 2.54. The zero-order chi connectivity index (χ0) is 15.2. The van der Waals surface area contributed by atoms with Crippen molar-refractivity contribution < 1.29 is 19.1 Å². The fourth-order valence-electron chi connectivity index (χ4n) is 3.20. The molecule has 0 aromatic carbocycles. The Morgan fingerprint density at radius 1 is 0.952 bits per heavy atom. The van der Waals surface area contributed by atoms with Crippen molar-refractivity contribution in [2.24, 2.45) is 5.92 Å². The third kappa shape index (κ3) is 3.86. The van der Waals surface area contributed by atoms with E-state index in [-0.39, 0.29) is 12.0 Å². The highest BCUT2D eigenvalue weighted by molar-refractivity contribution is 5.97. The summed E-state index contributed by atoms with van der Waals surface area (Å²) in [6.07, 6.45) is 9.80. The molecule has 2 aliphatic rings. The molecule has 4 heteroatoms. The lowest BCUT2D eigenvalue weighted by Gasteiger charge is -2.14. The van der Waals surface area contributed by atoms with Crippen LogP contribution in [0.25, 0.3) is 0 Å². The highest BCUT2D eigenvalue weighted by atomic mass is 16.6. The molecular formula is C17H26O4. The van der Waals surface area contributed by atoms with Crippen LogP contribution in [0.2, 0.25) is 0 Å². The first kappa shape index (κ1) is 16.1. The topological polar surface area (TPSA) is 52.6 Å². The van der Waals surface area contributed by atoms with Gasteiger partial charge in [0.05, 0.1) is 5.92 Å². The van der Waals surface area contributed by atoms with Crippen LogP contribution in [0.15, 0.2) is 12.2 Å². The summed E-state index contributed by atoms with van der Waals surface area (Å²) < 4.78 is 10.3. The Kier molecular flexibility index (Phi) is 5.83. The number of hydrogen-bond donors (Lipinski definition) is 0. The van der Waals surface area contributed by atoms with Gasteiger partial charge in [-0.25, -0.2) is 9.59 Å². The van der Waals surface area contributed by atoms with Crippen molar-refractivity contribution in [1.82, 2.24) is 0 Å². The monoisotopic (exact) mass is 294 g/mol. The molecule has 4 nitrogen and oxygen atoms in total. The first-order valence-electron chi connectivity index (χ1n) is 8.25. The van der Waals surface area contributed by atoms with Gasteiger partial charge in [0.1, 0.15) is 6.10 Å². The van der Waals surface area contributed by atoms with Crippen LogP contribution in [-0.4, -0.2) is 24.1 Å². The Bertz CT molecular complexity index is 402. The number of hydrogen-bond acceptors (Lipinski definition) is 4. The molecule has 2 saturated heterocycles. The first-order valence-corrected chi connectivity index (χ1v) is 8.25. The molecule has 0 saturated carbocycles. The quantitative estimate of drug-likeness (QED) is 0.371. The summed E-state index contributed by atoms with van der Waals surface area (Å²) in [5.74, 6) is -1.10. The molecule has 2 heterocycles. The van der Waals surface area contributed by atoms with Crippen LogP contribution >= 0.6 is 0 Å². The molecule has 0 aliphatic carbocycles. The first-order chi connectivity index (χ1) is 10.1. The molecule has 3 atom stereocenters. The minimum Gasteiger partial charge on any atom is -0.459 e. The van der Waals surface area contributed by atoms with Gasteiger partial charge in [-0.05, 0) is 12.8 Å². The third-order valence-electron chi connectivity index (χ3n) is 4.47. The fourth-order valence-corrected chi connectivity index (χ4v) is 3.20. The molecule has 118 valence electrons. The van der Waals surface area contributed by atoms with Crippen LogP contribution in [0.3, 0.4) is 0 Å². The van der Waals surface area contributed by atoms with Crippen molar-refractivity contribution in [1.29, 1.82) is 0 Å². The van der Waals surface area contributed by atoms with Crippen LogP contribution in [0, 0.1) is 5.92 Å². The second-order valence-corrected chi connectivity index (χ2v) is 6.12. The van der Waals surface area contributed by atoms with Crippen LogP contribution in [-0.2, 0) is 19.1 Å². The molecule has 0 amide bonds. The predicted molar refractivity (Wildman–Crippen MR) is 79.6 cm³/mol. The van der Waals surface area contributed by atoms with E-state index in [1.54, 1.807) is 0 Å². The summed E-state index contributed by atoms with van der Waals surface area (Å²) in [4.78, 5) is 23.1. The number of ether oxygens (including phenoxy) is 2. The summed E-state index contributed by atoms with van der Waals surface area (Å²) in [7, 11) is 0. The zero-order valence-electron chi connectivity index (χ0n) is 12.9. The van der Waals surface area contributed by atoms with Crippen molar-refractivity contribution in [3.05, 3.63) is 12.2 Å². The molecule has 0 radical (unpaired) electrons. The number of unbranched alkanes of at least 4 members (excludes halogenated alkanes) is 7. The fraction of sp³-hybridized carbons (Fsp3) is 0.765. The maximum Gasteiger partial charge on any atom is 0.348 e. The number of fused-ring (bicyclic) bond motifs is 1. The average molecular weight is 294 g/mol. The Balaban J connectivity index is 1.64. The maximum absolute atomic E-state index is 11.7. The SMILES string of the molecule is C=C1C(=O)O[C@H]2C(=O)O[C@H](CCCCCCCCCC)[C@@H]12. The van der Waals surface area contributed by atoms with Gasteiger partial charge in [-0.15, -0.1) is 0 Å². The largest absolute Gasteiger partial charge is 0.459 e. The smallest absolute Gasteiger partial charge is 0.348 e. The van der Waals surface area contributed by atoms with E-state index in [1.807, 2.05) is 0 Å². The van der Waals surface area contributed by atoms with Gasteiger partial charge >= 0.3 is 11.9 Å². The van der Waals surface area contributed by atoms with Crippen LogP contribution in [0.5, 0.6) is 0 Å². The van der Waals surface area contributed by atoms with Gasteiger partial charge in [-0.3, -0.25) is 0 Å². The van der Waals surface area contributed by atoms with Gasteiger partial charge in [0.2, 0.25) is 6.10 Å². The zero-order valence-corrected chi connectivity index (χ0v) is 12.9. The molecule has 21 heavy (non-hydrogen) atoms. The Labute approximate surface area is 126 Å². The lowest BCUT2D eigenvalue weighted by atomic mass is 9.90. The summed E-state index contributed by atoms with van der Waals surface area (Å²) in [5, 5.41) is 0. The number of carbonyl (C=O) groups excluding carboxylic acids is 2. The normalized spacial score (nSPS) is 27.7. The molecule has 2 aliphatic heterocycles. The van der Waals surface area contributed by atoms with Crippen LogP contribution < -0.4 is 0 Å². The molecule has 0 aromatic rings. The van der Waals surface area contributed by atoms with Gasteiger partial charge < -0.3 is 9.47 Å². The number of rotatable bonds is 9. The van der Waals surface area contributed by atoms with E-state index in [0.717, 1.165) is 19.3 Å². The summed E-state index contributed by atoms with van der Waals surface area (Å²) in [6, 6.07) is 0. The number of esters is 2. The summed E-state index contributed by atoms with van der Waals surface area (Å²) in [5.41, 5.74) is 0.399. The molecule has 2 rings (SSSR count). The third-order valence-corrected chi connectivity index (χ3v) is 4.47. The van der Waals surface area contributed by atoms with E-state index in [2.05, 4.69) is 13.5 Å².